The molecule has 20 heavy (non-hydrogen) atoms. The quantitative estimate of drug-likeness (QED) is 0.835. The summed E-state index contributed by atoms with van der Waals surface area (Å²) < 4.78 is 0. The van der Waals surface area contributed by atoms with Crippen LogP contribution in [0.5, 0.6) is 0 Å². The summed E-state index contributed by atoms with van der Waals surface area (Å²) in [6, 6.07) is 1.71. The van der Waals surface area contributed by atoms with Crippen molar-refractivity contribution in [2.45, 2.75) is 33.1 Å². The van der Waals surface area contributed by atoms with Gasteiger partial charge in [-0.05, 0) is 37.3 Å². The number of aromatic nitrogens is 1. The lowest BCUT2D eigenvalue weighted by atomic mass is 10.00. The SMILES string of the molecule is CCC1CC2C(=O)N(c3cc(C)c(N)cn3)C(=O)C2C1. The highest BCUT2D eigenvalue weighted by molar-refractivity contribution is 6.21. The summed E-state index contributed by atoms with van der Waals surface area (Å²) in [7, 11) is 0. The van der Waals surface area contributed by atoms with Gasteiger partial charge in [0.25, 0.3) is 0 Å². The van der Waals surface area contributed by atoms with Crippen LogP contribution in [0.15, 0.2) is 12.3 Å². The molecule has 3 rings (SSSR count). The van der Waals surface area contributed by atoms with Crippen LogP contribution < -0.4 is 10.6 Å². The topological polar surface area (TPSA) is 76.3 Å². The standard InChI is InChI=1S/C15H19N3O2/c1-3-9-5-10-11(6-9)15(20)18(14(10)19)13-4-8(2)12(16)7-17-13/h4,7,9-11H,3,5-6,16H2,1-2H3. The first-order valence-corrected chi connectivity index (χ1v) is 7.12. The van der Waals surface area contributed by atoms with Gasteiger partial charge in [0.15, 0.2) is 0 Å². The number of nitrogens with two attached hydrogens (primary N) is 1. The van der Waals surface area contributed by atoms with Crippen LogP contribution in [0.2, 0.25) is 0 Å². The molecule has 0 bridgehead atoms. The Morgan fingerprint density at radius 3 is 2.40 bits per heavy atom. The van der Waals surface area contributed by atoms with Crippen LogP contribution in [0.4, 0.5) is 11.5 Å². The zero-order chi connectivity index (χ0) is 14.4. The molecule has 1 aliphatic heterocycles. The Morgan fingerprint density at radius 2 is 1.90 bits per heavy atom. The molecule has 0 aromatic carbocycles. The summed E-state index contributed by atoms with van der Waals surface area (Å²) in [6.07, 6.45) is 4.20. The number of aryl methyl sites for hydroxylation is 1. The van der Waals surface area contributed by atoms with Crippen LogP contribution in [0, 0.1) is 24.7 Å². The van der Waals surface area contributed by atoms with Crippen LogP contribution in [-0.2, 0) is 9.59 Å². The maximum absolute atomic E-state index is 12.5. The first-order valence-electron chi connectivity index (χ1n) is 7.12. The molecule has 2 heterocycles. The van der Waals surface area contributed by atoms with E-state index in [0.717, 1.165) is 24.8 Å². The minimum Gasteiger partial charge on any atom is -0.397 e. The van der Waals surface area contributed by atoms with Crippen molar-refractivity contribution in [2.24, 2.45) is 17.8 Å². The number of anilines is 2. The Bertz CT molecular complexity index is 560. The predicted octanol–water partition coefficient (Wildman–Crippen LogP) is 1.90. The van der Waals surface area contributed by atoms with Crippen molar-refractivity contribution < 1.29 is 9.59 Å². The van der Waals surface area contributed by atoms with Crippen molar-refractivity contribution in [3.63, 3.8) is 0 Å². The number of rotatable bonds is 2. The third kappa shape index (κ3) is 1.80. The molecule has 5 nitrogen and oxygen atoms in total. The number of hydrogen-bond acceptors (Lipinski definition) is 4. The second-order valence-electron chi connectivity index (χ2n) is 5.87. The van der Waals surface area contributed by atoms with Gasteiger partial charge in [0, 0.05) is 0 Å². The van der Waals surface area contributed by atoms with E-state index in [-0.39, 0.29) is 23.7 Å². The summed E-state index contributed by atoms with van der Waals surface area (Å²) in [5, 5.41) is 0. The lowest BCUT2D eigenvalue weighted by molar-refractivity contribution is -0.123. The van der Waals surface area contributed by atoms with E-state index in [4.69, 9.17) is 5.73 Å². The highest BCUT2D eigenvalue weighted by Gasteiger charge is 2.53. The first kappa shape index (κ1) is 13.1. The molecule has 0 radical (unpaired) electrons. The molecule has 1 aromatic rings. The van der Waals surface area contributed by atoms with Crippen molar-refractivity contribution >= 4 is 23.3 Å². The summed E-state index contributed by atoms with van der Waals surface area (Å²) in [5.41, 5.74) is 7.14. The fraction of sp³-hybridized carbons (Fsp3) is 0.533. The van der Waals surface area contributed by atoms with Crippen molar-refractivity contribution in [2.75, 3.05) is 10.6 Å². The van der Waals surface area contributed by atoms with E-state index < -0.39 is 0 Å². The second-order valence-corrected chi connectivity index (χ2v) is 5.87. The van der Waals surface area contributed by atoms with E-state index in [1.54, 1.807) is 6.07 Å². The highest BCUT2D eigenvalue weighted by atomic mass is 16.2. The molecular formula is C15H19N3O2. The van der Waals surface area contributed by atoms with E-state index in [1.165, 1.54) is 11.1 Å². The molecule has 1 aromatic heterocycles. The van der Waals surface area contributed by atoms with Crippen LogP contribution in [0.3, 0.4) is 0 Å². The number of carbonyl (C=O) groups is 2. The number of amides is 2. The lowest BCUT2D eigenvalue weighted by Crippen LogP contribution is -2.33. The van der Waals surface area contributed by atoms with Gasteiger partial charge >= 0.3 is 0 Å². The molecule has 2 fully saturated rings. The van der Waals surface area contributed by atoms with Crippen LogP contribution >= 0.6 is 0 Å². The van der Waals surface area contributed by atoms with Gasteiger partial charge in [-0.1, -0.05) is 13.3 Å². The Hall–Kier alpha value is -1.91. The number of carbonyl (C=O) groups excluding carboxylic acids is 2. The molecule has 5 heteroatoms. The third-order valence-corrected chi connectivity index (χ3v) is 4.68. The molecule has 2 atom stereocenters. The summed E-state index contributed by atoms with van der Waals surface area (Å²) in [5.74, 6) is 0.440. The van der Waals surface area contributed by atoms with Gasteiger partial charge in [-0.15, -0.1) is 0 Å². The number of hydrogen-bond donors (Lipinski definition) is 1. The molecule has 1 aliphatic carbocycles. The zero-order valence-electron chi connectivity index (χ0n) is 11.8. The van der Waals surface area contributed by atoms with Gasteiger partial charge in [-0.25, -0.2) is 9.88 Å². The molecular weight excluding hydrogens is 254 g/mol. The second kappa shape index (κ2) is 4.58. The molecule has 1 saturated carbocycles. The molecule has 0 spiro atoms. The smallest absolute Gasteiger partial charge is 0.238 e. The number of nitrogens with zero attached hydrogens (tertiary/aromatic N) is 2. The Balaban J connectivity index is 1.91. The Kier molecular flexibility index (Phi) is 3.00. The minimum atomic E-state index is -0.146. The molecule has 2 amide bonds. The van der Waals surface area contributed by atoms with Crippen molar-refractivity contribution in [3.8, 4) is 0 Å². The molecule has 2 unspecified atom stereocenters. The van der Waals surface area contributed by atoms with Crippen LogP contribution in [0.1, 0.15) is 31.7 Å². The van der Waals surface area contributed by atoms with Gasteiger partial charge in [0.2, 0.25) is 11.8 Å². The first-order chi connectivity index (χ1) is 9.52. The fourth-order valence-electron chi connectivity index (χ4n) is 3.36. The normalized spacial score (nSPS) is 29.1. The van der Waals surface area contributed by atoms with Gasteiger partial charge in [0.05, 0.1) is 23.7 Å². The highest BCUT2D eigenvalue weighted by Crippen LogP contribution is 2.45. The monoisotopic (exact) mass is 273 g/mol. The lowest BCUT2D eigenvalue weighted by Gasteiger charge is -2.17. The molecule has 1 saturated heterocycles. The predicted molar refractivity (Wildman–Crippen MR) is 75.9 cm³/mol. The number of imide groups is 1. The molecule has 2 N–H and O–H groups in total. The van der Waals surface area contributed by atoms with E-state index in [0.29, 0.717) is 17.4 Å². The zero-order valence-corrected chi connectivity index (χ0v) is 11.8. The minimum absolute atomic E-state index is 0.0902. The average molecular weight is 273 g/mol. The van der Waals surface area contributed by atoms with E-state index in [9.17, 15) is 9.59 Å². The van der Waals surface area contributed by atoms with Crippen molar-refractivity contribution in [1.29, 1.82) is 0 Å². The largest absolute Gasteiger partial charge is 0.397 e. The van der Waals surface area contributed by atoms with Crippen molar-refractivity contribution in [3.05, 3.63) is 17.8 Å². The number of nitrogen functional groups attached to an aromatic ring is 1. The number of fused-ring (bicyclic) bond motifs is 1. The summed E-state index contributed by atoms with van der Waals surface area (Å²) in [6.45, 7) is 3.96. The maximum Gasteiger partial charge on any atom is 0.238 e. The molecule has 106 valence electrons. The average Bonchev–Trinajstić information content (AvgIpc) is 2.94. The van der Waals surface area contributed by atoms with Crippen LogP contribution in [-0.4, -0.2) is 16.8 Å². The van der Waals surface area contributed by atoms with Crippen molar-refractivity contribution in [1.82, 2.24) is 4.98 Å². The van der Waals surface area contributed by atoms with E-state index in [2.05, 4.69) is 11.9 Å². The summed E-state index contributed by atoms with van der Waals surface area (Å²) in [4.78, 5) is 30.4. The van der Waals surface area contributed by atoms with Crippen LogP contribution in [0.25, 0.3) is 0 Å². The number of pyridine rings is 1. The maximum atomic E-state index is 12.5. The summed E-state index contributed by atoms with van der Waals surface area (Å²) >= 11 is 0. The van der Waals surface area contributed by atoms with Gasteiger partial charge in [0.1, 0.15) is 5.82 Å². The molecule has 2 aliphatic rings. The fourth-order valence-corrected chi connectivity index (χ4v) is 3.36. The third-order valence-electron chi connectivity index (χ3n) is 4.68. The van der Waals surface area contributed by atoms with E-state index >= 15 is 0 Å². The van der Waals surface area contributed by atoms with Gasteiger partial charge in [-0.2, -0.15) is 0 Å². The Labute approximate surface area is 118 Å². The van der Waals surface area contributed by atoms with Gasteiger partial charge < -0.3 is 5.73 Å². The van der Waals surface area contributed by atoms with E-state index in [1.807, 2.05) is 6.92 Å². The van der Waals surface area contributed by atoms with Gasteiger partial charge in [-0.3, -0.25) is 9.59 Å². The Morgan fingerprint density at radius 1 is 1.30 bits per heavy atom.